The highest BCUT2D eigenvalue weighted by molar-refractivity contribution is 7.80. The molecular weight excluding hydrogens is 256 g/mol. The van der Waals surface area contributed by atoms with Gasteiger partial charge in [0.15, 0.2) is 5.11 Å². The van der Waals surface area contributed by atoms with Gasteiger partial charge in [0.25, 0.3) is 0 Å². The Hall–Kier alpha value is -1.29. The number of thiocarbonyl (C=S) groups is 1. The summed E-state index contributed by atoms with van der Waals surface area (Å²) in [6.07, 6.45) is 5.41. The quantitative estimate of drug-likeness (QED) is 0.814. The molecule has 1 aromatic carbocycles. The fourth-order valence-electron chi connectivity index (χ4n) is 3.47. The van der Waals surface area contributed by atoms with Crippen molar-refractivity contribution in [1.82, 2.24) is 5.32 Å². The Bertz CT molecular complexity index is 474. The SMILES string of the molecule is CN(C(=S)N[C@@H]1C[C@H]2CC[C@@H]1C2)c1ccc(O)cc1. The summed E-state index contributed by atoms with van der Waals surface area (Å²) in [6, 6.07) is 7.69. The van der Waals surface area contributed by atoms with Crippen LogP contribution in [0.1, 0.15) is 25.7 Å². The number of benzene rings is 1. The number of hydrogen-bond donors (Lipinski definition) is 2. The number of phenolic OH excluding ortho intramolecular Hbond substituents is 1. The molecule has 0 spiro atoms. The maximum atomic E-state index is 9.31. The molecule has 0 unspecified atom stereocenters. The van der Waals surface area contributed by atoms with Crippen LogP contribution in [0.5, 0.6) is 5.75 Å². The van der Waals surface area contributed by atoms with Gasteiger partial charge in [-0.2, -0.15) is 0 Å². The number of rotatable bonds is 2. The average Bonchev–Trinajstić information content (AvgIpc) is 3.01. The van der Waals surface area contributed by atoms with E-state index in [4.69, 9.17) is 12.2 Å². The first-order chi connectivity index (χ1) is 9.13. The van der Waals surface area contributed by atoms with Crippen molar-refractivity contribution in [2.24, 2.45) is 11.8 Å². The van der Waals surface area contributed by atoms with Crippen LogP contribution in [0, 0.1) is 11.8 Å². The molecule has 0 heterocycles. The molecule has 2 fully saturated rings. The van der Waals surface area contributed by atoms with Gasteiger partial charge in [-0.15, -0.1) is 0 Å². The number of anilines is 1. The fourth-order valence-corrected chi connectivity index (χ4v) is 3.73. The van der Waals surface area contributed by atoms with Gasteiger partial charge < -0.3 is 15.3 Å². The average molecular weight is 276 g/mol. The van der Waals surface area contributed by atoms with E-state index in [2.05, 4.69) is 5.32 Å². The van der Waals surface area contributed by atoms with Crippen LogP contribution in [0.2, 0.25) is 0 Å². The fraction of sp³-hybridized carbons (Fsp3) is 0.533. The molecule has 3 rings (SSSR count). The van der Waals surface area contributed by atoms with Crippen molar-refractivity contribution in [3.63, 3.8) is 0 Å². The number of fused-ring (bicyclic) bond motifs is 2. The van der Waals surface area contributed by atoms with Gasteiger partial charge in [-0.3, -0.25) is 0 Å². The molecule has 2 saturated carbocycles. The Morgan fingerprint density at radius 3 is 2.58 bits per heavy atom. The van der Waals surface area contributed by atoms with Crippen LogP contribution < -0.4 is 10.2 Å². The van der Waals surface area contributed by atoms with E-state index in [-0.39, 0.29) is 5.75 Å². The van der Waals surface area contributed by atoms with E-state index < -0.39 is 0 Å². The second-order valence-electron chi connectivity index (χ2n) is 5.81. The number of phenols is 1. The Morgan fingerprint density at radius 2 is 2.00 bits per heavy atom. The van der Waals surface area contributed by atoms with E-state index in [1.807, 2.05) is 24.1 Å². The van der Waals surface area contributed by atoms with Crippen molar-refractivity contribution in [3.05, 3.63) is 24.3 Å². The lowest BCUT2D eigenvalue weighted by molar-refractivity contribution is 0.391. The zero-order chi connectivity index (χ0) is 13.4. The van der Waals surface area contributed by atoms with Gasteiger partial charge in [0.1, 0.15) is 5.75 Å². The summed E-state index contributed by atoms with van der Waals surface area (Å²) >= 11 is 5.50. The molecule has 19 heavy (non-hydrogen) atoms. The summed E-state index contributed by atoms with van der Waals surface area (Å²) in [6.45, 7) is 0. The van der Waals surface area contributed by atoms with Gasteiger partial charge in [0, 0.05) is 18.8 Å². The zero-order valence-corrected chi connectivity index (χ0v) is 12.0. The van der Waals surface area contributed by atoms with E-state index in [1.165, 1.54) is 25.7 Å². The Kier molecular flexibility index (Phi) is 3.35. The van der Waals surface area contributed by atoms with E-state index >= 15 is 0 Å². The van der Waals surface area contributed by atoms with Gasteiger partial charge in [-0.25, -0.2) is 0 Å². The highest BCUT2D eigenvalue weighted by Crippen LogP contribution is 2.44. The van der Waals surface area contributed by atoms with E-state index in [0.29, 0.717) is 6.04 Å². The zero-order valence-electron chi connectivity index (χ0n) is 11.2. The summed E-state index contributed by atoms with van der Waals surface area (Å²) in [5.74, 6) is 2.02. The summed E-state index contributed by atoms with van der Waals surface area (Å²) in [7, 11) is 1.97. The molecular formula is C15H20N2OS. The predicted octanol–water partition coefficient (Wildman–Crippen LogP) is 2.89. The normalized spacial score (nSPS) is 28.4. The van der Waals surface area contributed by atoms with Gasteiger partial charge >= 0.3 is 0 Å². The van der Waals surface area contributed by atoms with Crippen LogP contribution >= 0.6 is 12.2 Å². The van der Waals surface area contributed by atoms with Gasteiger partial charge in [-0.05, 0) is 67.6 Å². The van der Waals surface area contributed by atoms with Gasteiger partial charge in [-0.1, -0.05) is 6.42 Å². The minimum atomic E-state index is 0.282. The van der Waals surface area contributed by atoms with Crippen molar-refractivity contribution in [1.29, 1.82) is 0 Å². The van der Waals surface area contributed by atoms with Crippen LogP contribution in [-0.2, 0) is 0 Å². The molecule has 0 radical (unpaired) electrons. The first kappa shape index (κ1) is 12.7. The molecule has 102 valence electrons. The summed E-state index contributed by atoms with van der Waals surface area (Å²) in [5.41, 5.74) is 0.999. The summed E-state index contributed by atoms with van der Waals surface area (Å²) < 4.78 is 0. The molecule has 3 atom stereocenters. The molecule has 0 amide bonds. The Balaban J connectivity index is 1.62. The highest BCUT2D eigenvalue weighted by Gasteiger charge is 2.39. The van der Waals surface area contributed by atoms with Crippen LogP contribution in [0.25, 0.3) is 0 Å². The second kappa shape index (κ2) is 5.00. The van der Waals surface area contributed by atoms with E-state index in [0.717, 1.165) is 22.6 Å². The van der Waals surface area contributed by atoms with Crippen molar-refractivity contribution in [3.8, 4) is 5.75 Å². The third kappa shape index (κ3) is 2.54. The summed E-state index contributed by atoms with van der Waals surface area (Å²) in [5, 5.41) is 13.6. The van der Waals surface area contributed by atoms with Crippen LogP contribution in [-0.4, -0.2) is 23.3 Å². The van der Waals surface area contributed by atoms with Gasteiger partial charge in [0.05, 0.1) is 0 Å². The van der Waals surface area contributed by atoms with Crippen molar-refractivity contribution in [2.45, 2.75) is 31.7 Å². The lowest BCUT2D eigenvalue weighted by atomic mass is 9.95. The lowest BCUT2D eigenvalue weighted by Gasteiger charge is -2.28. The minimum Gasteiger partial charge on any atom is -0.508 e. The molecule has 2 aliphatic rings. The van der Waals surface area contributed by atoms with Crippen LogP contribution in [0.15, 0.2) is 24.3 Å². The van der Waals surface area contributed by atoms with Crippen LogP contribution in [0.3, 0.4) is 0 Å². The molecule has 0 aromatic heterocycles. The van der Waals surface area contributed by atoms with Gasteiger partial charge in [0.2, 0.25) is 0 Å². The smallest absolute Gasteiger partial charge is 0.173 e. The molecule has 0 aliphatic heterocycles. The van der Waals surface area contributed by atoms with Crippen molar-refractivity contribution < 1.29 is 5.11 Å². The van der Waals surface area contributed by atoms with E-state index in [1.54, 1.807) is 12.1 Å². The first-order valence-electron chi connectivity index (χ1n) is 6.97. The number of nitrogens with one attached hydrogen (secondary N) is 1. The number of aromatic hydroxyl groups is 1. The molecule has 0 saturated heterocycles. The largest absolute Gasteiger partial charge is 0.508 e. The molecule has 2 aliphatic carbocycles. The van der Waals surface area contributed by atoms with Crippen molar-refractivity contribution in [2.75, 3.05) is 11.9 Å². The van der Waals surface area contributed by atoms with E-state index in [9.17, 15) is 5.11 Å². The molecule has 3 nitrogen and oxygen atoms in total. The first-order valence-corrected chi connectivity index (χ1v) is 7.37. The Labute approximate surface area is 119 Å². The lowest BCUT2D eigenvalue weighted by Crippen LogP contribution is -2.45. The number of hydrogen-bond acceptors (Lipinski definition) is 2. The standard InChI is InChI=1S/C15H20N2OS/c1-17(12-4-6-13(18)7-5-12)15(19)16-14-9-10-2-3-11(14)8-10/h4-7,10-11,14,18H,2-3,8-9H2,1H3,(H,16,19)/t10-,11+,14+/m0/s1. The third-order valence-corrected chi connectivity index (χ3v) is 4.98. The van der Waals surface area contributed by atoms with Crippen LogP contribution in [0.4, 0.5) is 5.69 Å². The second-order valence-corrected chi connectivity index (χ2v) is 6.19. The number of nitrogens with zero attached hydrogens (tertiary/aromatic N) is 1. The molecule has 1 aromatic rings. The topological polar surface area (TPSA) is 35.5 Å². The third-order valence-electron chi connectivity index (χ3n) is 4.59. The predicted molar refractivity (Wildman–Crippen MR) is 81.5 cm³/mol. The molecule has 2 bridgehead atoms. The maximum Gasteiger partial charge on any atom is 0.173 e. The molecule has 2 N–H and O–H groups in total. The molecule has 4 heteroatoms. The monoisotopic (exact) mass is 276 g/mol. The summed E-state index contributed by atoms with van der Waals surface area (Å²) in [4.78, 5) is 1.97. The van der Waals surface area contributed by atoms with Crippen molar-refractivity contribution >= 4 is 23.0 Å². The minimum absolute atomic E-state index is 0.282. The Morgan fingerprint density at radius 1 is 1.26 bits per heavy atom. The highest BCUT2D eigenvalue weighted by atomic mass is 32.1. The maximum absolute atomic E-state index is 9.31.